The summed E-state index contributed by atoms with van der Waals surface area (Å²) in [4.78, 5) is 26.1. The molecule has 124 valence electrons. The van der Waals surface area contributed by atoms with Gasteiger partial charge in [0, 0.05) is 24.8 Å². The Bertz CT molecular complexity index is 641. The summed E-state index contributed by atoms with van der Waals surface area (Å²) < 4.78 is 0. The third-order valence-electron chi connectivity index (χ3n) is 3.61. The SMILES string of the molecule is CC1=CCN(C(=O)Nc2ccc(Cl)c(C(=O)NC(C)C)c2)CC1. The van der Waals surface area contributed by atoms with E-state index < -0.39 is 0 Å². The van der Waals surface area contributed by atoms with Gasteiger partial charge in [-0.3, -0.25) is 4.79 Å². The first kappa shape index (κ1) is 17.3. The van der Waals surface area contributed by atoms with Crippen molar-refractivity contribution in [3.8, 4) is 0 Å². The highest BCUT2D eigenvalue weighted by atomic mass is 35.5. The van der Waals surface area contributed by atoms with Crippen LogP contribution in [0.1, 0.15) is 37.6 Å². The van der Waals surface area contributed by atoms with Crippen molar-refractivity contribution in [1.82, 2.24) is 10.2 Å². The van der Waals surface area contributed by atoms with Gasteiger partial charge in [0.15, 0.2) is 0 Å². The first-order chi connectivity index (χ1) is 10.9. The van der Waals surface area contributed by atoms with E-state index in [4.69, 9.17) is 11.6 Å². The van der Waals surface area contributed by atoms with Crippen molar-refractivity contribution < 1.29 is 9.59 Å². The Morgan fingerprint density at radius 1 is 1.30 bits per heavy atom. The van der Waals surface area contributed by atoms with Crippen LogP contribution in [0.3, 0.4) is 0 Å². The lowest BCUT2D eigenvalue weighted by Crippen LogP contribution is -2.38. The molecule has 0 saturated heterocycles. The maximum Gasteiger partial charge on any atom is 0.322 e. The molecule has 2 N–H and O–H groups in total. The van der Waals surface area contributed by atoms with Crippen LogP contribution in [-0.4, -0.2) is 36.0 Å². The molecule has 0 spiro atoms. The zero-order valence-electron chi connectivity index (χ0n) is 13.6. The Kier molecular flexibility index (Phi) is 5.66. The molecule has 6 heteroatoms. The molecule has 0 aliphatic carbocycles. The van der Waals surface area contributed by atoms with E-state index >= 15 is 0 Å². The maximum absolute atomic E-state index is 12.3. The number of halogens is 1. The van der Waals surface area contributed by atoms with Gasteiger partial charge in [-0.05, 0) is 45.4 Å². The first-order valence-corrected chi connectivity index (χ1v) is 8.06. The van der Waals surface area contributed by atoms with Gasteiger partial charge in [0.25, 0.3) is 5.91 Å². The Hall–Kier alpha value is -2.01. The molecule has 1 aromatic rings. The van der Waals surface area contributed by atoms with E-state index in [1.54, 1.807) is 23.1 Å². The van der Waals surface area contributed by atoms with Crippen molar-refractivity contribution in [2.75, 3.05) is 18.4 Å². The second-order valence-corrected chi connectivity index (χ2v) is 6.41. The van der Waals surface area contributed by atoms with E-state index in [0.29, 0.717) is 29.4 Å². The van der Waals surface area contributed by atoms with Crippen LogP contribution in [-0.2, 0) is 0 Å². The summed E-state index contributed by atoms with van der Waals surface area (Å²) in [5.41, 5.74) is 2.21. The standard InChI is InChI=1S/C17H22ClN3O2/c1-11(2)19-16(22)14-10-13(4-5-15(14)18)20-17(23)21-8-6-12(3)7-9-21/h4-6,10-11H,7-9H2,1-3H3,(H,19,22)(H,20,23). The van der Waals surface area contributed by atoms with Gasteiger partial charge in [-0.15, -0.1) is 0 Å². The minimum Gasteiger partial charge on any atom is -0.350 e. The molecule has 1 aliphatic rings. The zero-order chi connectivity index (χ0) is 17.0. The van der Waals surface area contributed by atoms with Crippen LogP contribution in [0.5, 0.6) is 0 Å². The fraction of sp³-hybridized carbons (Fsp3) is 0.412. The molecule has 1 aliphatic heterocycles. The molecule has 0 fully saturated rings. The van der Waals surface area contributed by atoms with Crippen molar-refractivity contribution in [3.63, 3.8) is 0 Å². The monoisotopic (exact) mass is 335 g/mol. The number of benzene rings is 1. The molecule has 0 bridgehead atoms. The van der Waals surface area contributed by atoms with Gasteiger partial charge in [-0.2, -0.15) is 0 Å². The van der Waals surface area contributed by atoms with Gasteiger partial charge in [0.1, 0.15) is 0 Å². The van der Waals surface area contributed by atoms with Crippen molar-refractivity contribution in [3.05, 3.63) is 40.4 Å². The van der Waals surface area contributed by atoms with Gasteiger partial charge in [0.05, 0.1) is 10.6 Å². The van der Waals surface area contributed by atoms with Crippen molar-refractivity contribution in [2.24, 2.45) is 0 Å². The summed E-state index contributed by atoms with van der Waals surface area (Å²) in [7, 11) is 0. The fourth-order valence-corrected chi connectivity index (χ4v) is 2.48. The average molecular weight is 336 g/mol. The second-order valence-electron chi connectivity index (χ2n) is 6.00. The number of nitrogens with zero attached hydrogens (tertiary/aromatic N) is 1. The minimum absolute atomic E-state index is 0.0141. The van der Waals surface area contributed by atoms with Crippen molar-refractivity contribution in [1.29, 1.82) is 0 Å². The molecule has 0 aromatic heterocycles. The molecule has 3 amide bonds. The second kappa shape index (κ2) is 7.51. The Morgan fingerprint density at radius 3 is 2.65 bits per heavy atom. The van der Waals surface area contributed by atoms with E-state index in [2.05, 4.69) is 17.6 Å². The minimum atomic E-state index is -0.252. The number of rotatable bonds is 3. The Labute approximate surface area is 141 Å². The van der Waals surface area contributed by atoms with Crippen LogP contribution in [0.15, 0.2) is 29.8 Å². The zero-order valence-corrected chi connectivity index (χ0v) is 14.4. The summed E-state index contributed by atoms with van der Waals surface area (Å²) in [5.74, 6) is -0.252. The lowest BCUT2D eigenvalue weighted by Gasteiger charge is -2.25. The lowest BCUT2D eigenvalue weighted by molar-refractivity contribution is 0.0943. The third-order valence-corrected chi connectivity index (χ3v) is 3.94. The molecule has 0 atom stereocenters. The smallest absolute Gasteiger partial charge is 0.322 e. The lowest BCUT2D eigenvalue weighted by atomic mass is 10.1. The number of hydrogen-bond acceptors (Lipinski definition) is 2. The van der Waals surface area contributed by atoms with E-state index in [9.17, 15) is 9.59 Å². The van der Waals surface area contributed by atoms with Crippen LogP contribution in [0, 0.1) is 0 Å². The molecular weight excluding hydrogens is 314 g/mol. The summed E-state index contributed by atoms with van der Waals surface area (Å²) in [6.07, 6.45) is 2.93. The first-order valence-electron chi connectivity index (χ1n) is 7.69. The van der Waals surface area contributed by atoms with Crippen LogP contribution >= 0.6 is 11.6 Å². The maximum atomic E-state index is 12.3. The number of amides is 3. The van der Waals surface area contributed by atoms with E-state index in [1.807, 2.05) is 19.9 Å². The topological polar surface area (TPSA) is 61.4 Å². The third kappa shape index (κ3) is 4.73. The molecule has 2 rings (SSSR count). The van der Waals surface area contributed by atoms with Gasteiger partial charge in [0.2, 0.25) is 0 Å². The molecule has 0 saturated carbocycles. The Morgan fingerprint density at radius 2 is 2.04 bits per heavy atom. The Balaban J connectivity index is 2.08. The van der Waals surface area contributed by atoms with Gasteiger partial charge >= 0.3 is 6.03 Å². The molecule has 23 heavy (non-hydrogen) atoms. The summed E-state index contributed by atoms with van der Waals surface area (Å²) >= 11 is 6.08. The highest BCUT2D eigenvalue weighted by molar-refractivity contribution is 6.34. The number of carbonyl (C=O) groups is 2. The fourth-order valence-electron chi connectivity index (χ4n) is 2.27. The van der Waals surface area contributed by atoms with Crippen LogP contribution in [0.2, 0.25) is 5.02 Å². The number of hydrogen-bond donors (Lipinski definition) is 2. The van der Waals surface area contributed by atoms with Crippen molar-refractivity contribution in [2.45, 2.75) is 33.2 Å². The average Bonchev–Trinajstić information content (AvgIpc) is 2.49. The predicted molar refractivity (Wildman–Crippen MR) is 93.0 cm³/mol. The number of nitrogens with one attached hydrogen (secondary N) is 2. The predicted octanol–water partition coefficient (Wildman–Crippen LogP) is 3.66. The largest absolute Gasteiger partial charge is 0.350 e. The van der Waals surface area contributed by atoms with Gasteiger partial charge in [-0.25, -0.2) is 4.79 Å². The number of carbonyl (C=O) groups excluding carboxylic acids is 2. The van der Waals surface area contributed by atoms with Gasteiger partial charge < -0.3 is 15.5 Å². The molecule has 0 radical (unpaired) electrons. The van der Waals surface area contributed by atoms with E-state index in [1.165, 1.54) is 5.57 Å². The van der Waals surface area contributed by atoms with Crippen LogP contribution in [0.25, 0.3) is 0 Å². The van der Waals surface area contributed by atoms with Crippen LogP contribution < -0.4 is 10.6 Å². The van der Waals surface area contributed by atoms with Gasteiger partial charge in [-0.1, -0.05) is 23.3 Å². The van der Waals surface area contributed by atoms with E-state index in [0.717, 1.165) is 6.42 Å². The quantitative estimate of drug-likeness (QED) is 0.828. The summed E-state index contributed by atoms with van der Waals surface area (Å²) in [6.45, 7) is 7.12. The number of urea groups is 1. The summed E-state index contributed by atoms with van der Waals surface area (Å²) in [5, 5.41) is 5.97. The summed E-state index contributed by atoms with van der Waals surface area (Å²) in [6, 6.07) is 4.75. The molecular formula is C17H22ClN3O2. The highest BCUT2D eigenvalue weighted by Crippen LogP contribution is 2.21. The molecule has 5 nitrogen and oxygen atoms in total. The molecule has 1 aromatic carbocycles. The van der Waals surface area contributed by atoms with Crippen molar-refractivity contribution >= 4 is 29.2 Å². The normalized spacial score (nSPS) is 14.5. The molecule has 1 heterocycles. The number of anilines is 1. The highest BCUT2D eigenvalue weighted by Gasteiger charge is 2.17. The molecule has 0 unspecified atom stereocenters. The van der Waals surface area contributed by atoms with Crippen LogP contribution in [0.4, 0.5) is 10.5 Å². The van der Waals surface area contributed by atoms with E-state index in [-0.39, 0.29) is 18.0 Å².